The summed E-state index contributed by atoms with van der Waals surface area (Å²) in [6.07, 6.45) is 6.80. The van der Waals surface area contributed by atoms with Crippen molar-refractivity contribution in [2.24, 2.45) is 0 Å². The van der Waals surface area contributed by atoms with Crippen LogP contribution in [0.5, 0.6) is 0 Å². The van der Waals surface area contributed by atoms with E-state index in [2.05, 4.69) is 37.1 Å². The van der Waals surface area contributed by atoms with Gasteiger partial charge in [-0.15, -0.1) is 11.6 Å². The van der Waals surface area contributed by atoms with Gasteiger partial charge in [0.25, 0.3) is 0 Å². The third-order valence-corrected chi connectivity index (χ3v) is 6.31. The number of nitrogens with zero attached hydrogens (tertiary/aromatic N) is 4. The van der Waals surface area contributed by atoms with Crippen molar-refractivity contribution in [2.75, 3.05) is 19.5 Å². The lowest BCUT2D eigenvalue weighted by Gasteiger charge is -2.36. The van der Waals surface area contributed by atoms with Crippen molar-refractivity contribution < 1.29 is 14.3 Å². The lowest BCUT2D eigenvalue weighted by molar-refractivity contribution is -0.148. The van der Waals surface area contributed by atoms with E-state index >= 15 is 0 Å². The fraction of sp³-hybridized carbons (Fsp3) is 0.529. The third kappa shape index (κ3) is 4.32. The highest BCUT2D eigenvalue weighted by Gasteiger charge is 2.31. The number of hydrogen-bond donors (Lipinski definition) is 0. The number of carbonyl (C=O) groups is 2. The lowest BCUT2D eigenvalue weighted by Crippen LogP contribution is -2.46. The molecule has 3 rings (SSSR count). The van der Waals surface area contributed by atoms with Crippen LogP contribution in [0, 0.1) is 3.57 Å². The number of carbonyl (C=O) groups excluding carboxylic acids is 2. The monoisotopic (exact) mass is 524 g/mol. The Labute approximate surface area is 180 Å². The summed E-state index contributed by atoms with van der Waals surface area (Å²) in [6.45, 7) is -0.0649. The van der Waals surface area contributed by atoms with E-state index in [1.807, 2.05) is 6.20 Å². The van der Waals surface area contributed by atoms with Crippen molar-refractivity contribution in [2.45, 2.75) is 37.8 Å². The summed E-state index contributed by atoms with van der Waals surface area (Å²) < 4.78 is 7.87. The quantitative estimate of drug-likeness (QED) is 0.259. The predicted molar refractivity (Wildman–Crippen MR) is 111 cm³/mol. The second-order valence-corrected chi connectivity index (χ2v) is 8.23. The van der Waals surface area contributed by atoms with E-state index in [0.717, 1.165) is 40.3 Å². The number of alkyl halides is 1. The summed E-state index contributed by atoms with van der Waals surface area (Å²) in [5.74, 6) is -0.828. The Morgan fingerprint density at radius 2 is 2.04 bits per heavy atom. The number of amides is 1. The number of halogens is 3. The molecule has 0 radical (unpaired) electrons. The van der Waals surface area contributed by atoms with Gasteiger partial charge >= 0.3 is 5.97 Å². The first-order valence-corrected chi connectivity index (χ1v) is 10.5. The van der Waals surface area contributed by atoms with Crippen LogP contribution in [0.3, 0.4) is 0 Å². The molecular formula is C17H19Cl2IN4O3. The third-order valence-electron chi connectivity index (χ3n) is 4.98. The first kappa shape index (κ1) is 20.6. The lowest BCUT2D eigenvalue weighted by atomic mass is 9.90. The van der Waals surface area contributed by atoms with E-state index in [1.54, 1.807) is 4.90 Å². The van der Waals surface area contributed by atoms with Gasteiger partial charge in [-0.05, 0) is 48.3 Å². The van der Waals surface area contributed by atoms with E-state index in [9.17, 15) is 9.59 Å². The van der Waals surface area contributed by atoms with Crippen molar-refractivity contribution in [3.05, 3.63) is 21.2 Å². The van der Waals surface area contributed by atoms with Crippen LogP contribution in [0.2, 0.25) is 5.15 Å². The summed E-state index contributed by atoms with van der Waals surface area (Å²) in [6, 6.07) is 0.232. The maximum Gasteiger partial charge on any atom is 0.325 e. The standard InChI is InChI=1S/C17H19Cl2IN4O3/c1-27-14(26)8-23(13(25)6-18)10-2-4-11(5-3-10)24-7-12(20)15-16(19)21-9-22-17(15)24/h7,9-11H,2-6,8H2,1H3. The Hall–Kier alpha value is -1.13. The maximum atomic E-state index is 12.2. The fourth-order valence-corrected chi connectivity index (χ4v) is 4.97. The average molecular weight is 525 g/mol. The minimum atomic E-state index is -0.437. The zero-order valence-corrected chi connectivity index (χ0v) is 18.4. The van der Waals surface area contributed by atoms with Gasteiger partial charge in [0.05, 0.1) is 12.5 Å². The van der Waals surface area contributed by atoms with Crippen LogP contribution < -0.4 is 0 Å². The molecule has 1 amide bonds. The van der Waals surface area contributed by atoms with Gasteiger partial charge in [-0.25, -0.2) is 9.97 Å². The highest BCUT2D eigenvalue weighted by Crippen LogP contribution is 2.36. The van der Waals surface area contributed by atoms with Gasteiger partial charge in [-0.3, -0.25) is 9.59 Å². The summed E-state index contributed by atoms with van der Waals surface area (Å²) >= 11 is 14.2. The largest absolute Gasteiger partial charge is 0.468 e. The second kappa shape index (κ2) is 8.91. The van der Waals surface area contributed by atoms with Gasteiger partial charge in [0, 0.05) is 21.9 Å². The number of aromatic nitrogens is 3. The van der Waals surface area contributed by atoms with Gasteiger partial charge < -0.3 is 14.2 Å². The molecule has 1 aliphatic rings. The summed E-state index contributed by atoms with van der Waals surface area (Å²) in [5, 5.41) is 1.32. The van der Waals surface area contributed by atoms with Crippen LogP contribution in [0.4, 0.5) is 0 Å². The van der Waals surface area contributed by atoms with Crippen molar-refractivity contribution >= 4 is 68.7 Å². The molecule has 0 saturated heterocycles. The van der Waals surface area contributed by atoms with E-state index in [1.165, 1.54) is 13.4 Å². The molecule has 7 nitrogen and oxygen atoms in total. The SMILES string of the molecule is COC(=O)CN(C(=O)CCl)C1CCC(n2cc(I)c3c(Cl)ncnc32)CC1. The molecule has 0 aliphatic heterocycles. The average Bonchev–Trinajstić information content (AvgIpc) is 3.03. The molecule has 2 aromatic rings. The van der Waals surface area contributed by atoms with E-state index in [0.29, 0.717) is 5.15 Å². The Bertz CT molecular complexity index is 852. The highest BCUT2D eigenvalue weighted by atomic mass is 127. The molecule has 27 heavy (non-hydrogen) atoms. The molecule has 0 N–H and O–H groups in total. The Kier molecular flexibility index (Phi) is 6.80. The Balaban J connectivity index is 1.76. The van der Waals surface area contributed by atoms with Crippen LogP contribution in [0.25, 0.3) is 11.0 Å². The van der Waals surface area contributed by atoms with Gasteiger partial charge in [0.1, 0.15) is 29.6 Å². The zero-order valence-electron chi connectivity index (χ0n) is 14.7. The number of hydrogen-bond acceptors (Lipinski definition) is 5. The minimum absolute atomic E-state index is 0.0225. The van der Waals surface area contributed by atoms with Crippen molar-refractivity contribution in [3.63, 3.8) is 0 Å². The molecule has 2 heterocycles. The van der Waals surface area contributed by atoms with E-state index in [4.69, 9.17) is 27.9 Å². The summed E-state index contributed by atoms with van der Waals surface area (Å²) in [5.41, 5.74) is 0.825. The molecule has 0 aromatic carbocycles. The molecular weight excluding hydrogens is 506 g/mol. The van der Waals surface area contributed by atoms with Crippen molar-refractivity contribution in [1.29, 1.82) is 0 Å². The van der Waals surface area contributed by atoms with Gasteiger partial charge in [-0.2, -0.15) is 0 Å². The number of esters is 1. The molecule has 146 valence electrons. The first-order chi connectivity index (χ1) is 13.0. The Morgan fingerprint density at radius 3 is 2.67 bits per heavy atom. The normalized spacial score (nSPS) is 19.9. The predicted octanol–water partition coefficient (Wildman–Crippen LogP) is 3.41. The molecule has 1 aliphatic carbocycles. The highest BCUT2D eigenvalue weighted by molar-refractivity contribution is 14.1. The number of methoxy groups -OCH3 is 1. The maximum absolute atomic E-state index is 12.2. The zero-order chi connectivity index (χ0) is 19.6. The topological polar surface area (TPSA) is 77.3 Å². The van der Waals surface area contributed by atoms with Gasteiger partial charge in [0.15, 0.2) is 0 Å². The first-order valence-electron chi connectivity index (χ1n) is 8.55. The minimum Gasteiger partial charge on any atom is -0.468 e. The number of ether oxygens (including phenoxy) is 1. The summed E-state index contributed by atoms with van der Waals surface area (Å²) in [7, 11) is 1.31. The fourth-order valence-electron chi connectivity index (χ4n) is 3.63. The molecule has 10 heteroatoms. The molecule has 2 aromatic heterocycles. The van der Waals surface area contributed by atoms with Gasteiger partial charge in [0.2, 0.25) is 5.91 Å². The molecule has 0 spiro atoms. The van der Waals surface area contributed by atoms with E-state index in [-0.39, 0.29) is 30.4 Å². The molecule has 0 bridgehead atoms. The molecule has 0 unspecified atom stereocenters. The van der Waals surface area contributed by atoms with Crippen LogP contribution in [-0.2, 0) is 14.3 Å². The van der Waals surface area contributed by atoms with Crippen LogP contribution in [0.15, 0.2) is 12.5 Å². The van der Waals surface area contributed by atoms with E-state index < -0.39 is 5.97 Å². The molecule has 1 fully saturated rings. The van der Waals surface area contributed by atoms with Crippen molar-refractivity contribution in [3.8, 4) is 0 Å². The number of rotatable bonds is 5. The second-order valence-electron chi connectivity index (χ2n) is 6.44. The molecule has 0 atom stereocenters. The molecule has 1 saturated carbocycles. The smallest absolute Gasteiger partial charge is 0.325 e. The van der Waals surface area contributed by atoms with Crippen LogP contribution >= 0.6 is 45.8 Å². The summed E-state index contributed by atoms with van der Waals surface area (Å²) in [4.78, 5) is 33.9. The van der Waals surface area contributed by atoms with Crippen LogP contribution in [0.1, 0.15) is 31.7 Å². The van der Waals surface area contributed by atoms with Gasteiger partial charge in [-0.1, -0.05) is 11.6 Å². The van der Waals surface area contributed by atoms with Crippen LogP contribution in [-0.4, -0.2) is 56.9 Å². The number of fused-ring (bicyclic) bond motifs is 1. The Morgan fingerprint density at radius 1 is 1.33 bits per heavy atom. The van der Waals surface area contributed by atoms with Crippen molar-refractivity contribution in [1.82, 2.24) is 19.4 Å².